The monoisotopic (exact) mass is 395 g/mol. The summed E-state index contributed by atoms with van der Waals surface area (Å²) in [4.78, 5) is 39.2. The third-order valence-electron chi connectivity index (χ3n) is 5.10. The van der Waals surface area contributed by atoms with Gasteiger partial charge in [0, 0.05) is 38.3 Å². The molecule has 9 nitrogen and oxygen atoms in total. The predicted octanol–water partition coefficient (Wildman–Crippen LogP) is 0.625. The van der Waals surface area contributed by atoms with Crippen LogP contribution in [0.3, 0.4) is 0 Å². The maximum Gasteiger partial charge on any atom is 0.272 e. The summed E-state index contributed by atoms with van der Waals surface area (Å²) in [5.41, 5.74) is 0.422. The molecule has 2 aromatic heterocycles. The Bertz CT molecular complexity index is 1120. The maximum absolute atomic E-state index is 12.8. The Balaban J connectivity index is 1.55. The lowest BCUT2D eigenvalue weighted by molar-refractivity contribution is 0.0504. The summed E-state index contributed by atoms with van der Waals surface area (Å²) < 4.78 is 7.02. The largest absolute Gasteiger partial charge is 0.383 e. The molecule has 0 spiro atoms. The lowest BCUT2D eigenvalue weighted by atomic mass is 10.1. The molecule has 1 aliphatic rings. The molecule has 1 unspecified atom stereocenters. The van der Waals surface area contributed by atoms with Gasteiger partial charge >= 0.3 is 0 Å². The van der Waals surface area contributed by atoms with Gasteiger partial charge in [-0.2, -0.15) is 5.10 Å². The van der Waals surface area contributed by atoms with E-state index in [1.807, 2.05) is 16.8 Å². The molecule has 9 heteroatoms. The number of carbonyl (C=O) groups is 2. The zero-order valence-electron chi connectivity index (χ0n) is 15.9. The summed E-state index contributed by atoms with van der Waals surface area (Å²) in [7, 11) is 1.58. The third-order valence-corrected chi connectivity index (χ3v) is 5.10. The van der Waals surface area contributed by atoms with E-state index in [0.717, 1.165) is 0 Å². The molecule has 1 aromatic carbocycles. The van der Waals surface area contributed by atoms with Crippen molar-refractivity contribution in [3.8, 4) is 0 Å². The Labute approximate surface area is 166 Å². The number of carbonyl (C=O) groups excluding carboxylic acids is 2. The fourth-order valence-corrected chi connectivity index (χ4v) is 3.64. The summed E-state index contributed by atoms with van der Waals surface area (Å²) in [5, 5.41) is 10.0. The second-order valence-corrected chi connectivity index (χ2v) is 6.85. The Morgan fingerprint density at radius 3 is 2.83 bits per heavy atom. The summed E-state index contributed by atoms with van der Waals surface area (Å²) in [5.74, 6) is -0.500. The number of nitrogens with zero attached hydrogens (tertiary/aromatic N) is 3. The fourth-order valence-electron chi connectivity index (χ4n) is 3.64. The molecule has 0 saturated heterocycles. The van der Waals surface area contributed by atoms with E-state index in [-0.39, 0.29) is 29.7 Å². The predicted molar refractivity (Wildman–Crippen MR) is 106 cm³/mol. The quantitative estimate of drug-likeness (QED) is 0.636. The highest BCUT2D eigenvalue weighted by Gasteiger charge is 2.32. The lowest BCUT2D eigenvalue weighted by Gasteiger charge is -2.36. The molecular formula is C20H21N5O4. The van der Waals surface area contributed by atoms with Gasteiger partial charge in [0.25, 0.3) is 17.4 Å². The molecule has 4 rings (SSSR count). The van der Waals surface area contributed by atoms with Crippen LogP contribution < -0.4 is 10.9 Å². The van der Waals surface area contributed by atoms with Crippen LogP contribution in [0.25, 0.3) is 10.8 Å². The number of aromatic amines is 1. The van der Waals surface area contributed by atoms with Crippen molar-refractivity contribution in [1.29, 1.82) is 0 Å². The van der Waals surface area contributed by atoms with Crippen molar-refractivity contribution in [2.45, 2.75) is 12.6 Å². The molecule has 2 N–H and O–H groups in total. The van der Waals surface area contributed by atoms with Crippen molar-refractivity contribution in [3.63, 3.8) is 0 Å². The average Bonchev–Trinajstić information content (AvgIpc) is 3.21. The van der Waals surface area contributed by atoms with Gasteiger partial charge in [0.05, 0.1) is 18.0 Å². The van der Waals surface area contributed by atoms with E-state index < -0.39 is 5.91 Å². The van der Waals surface area contributed by atoms with Gasteiger partial charge in [-0.3, -0.25) is 14.4 Å². The highest BCUT2D eigenvalue weighted by Crippen LogP contribution is 2.18. The second-order valence-electron chi connectivity index (χ2n) is 6.85. The molecule has 1 aliphatic heterocycles. The van der Waals surface area contributed by atoms with E-state index in [2.05, 4.69) is 15.5 Å². The van der Waals surface area contributed by atoms with Crippen LogP contribution >= 0.6 is 0 Å². The van der Waals surface area contributed by atoms with Crippen LogP contribution in [0.1, 0.15) is 21.0 Å². The van der Waals surface area contributed by atoms with Crippen LogP contribution in [0.4, 0.5) is 0 Å². The van der Waals surface area contributed by atoms with E-state index in [0.29, 0.717) is 36.2 Å². The van der Waals surface area contributed by atoms with Gasteiger partial charge in [-0.25, -0.2) is 5.10 Å². The first kappa shape index (κ1) is 18.9. The Hall–Kier alpha value is -3.46. The highest BCUT2D eigenvalue weighted by atomic mass is 16.5. The number of amides is 2. The van der Waals surface area contributed by atoms with Crippen LogP contribution in [0, 0.1) is 0 Å². The average molecular weight is 395 g/mol. The van der Waals surface area contributed by atoms with E-state index >= 15 is 0 Å². The standard InChI is InChI=1S/C20H21N5O4/c1-29-10-9-25-13(12-24-8-4-7-16(24)20(25)28)11-21-19(27)17-14-5-2-3-6-15(14)18(26)23-22-17/h2-8,13H,9-12H2,1H3,(H,21,27)(H,23,26). The molecule has 0 saturated carbocycles. The summed E-state index contributed by atoms with van der Waals surface area (Å²) >= 11 is 0. The number of benzene rings is 1. The molecule has 29 heavy (non-hydrogen) atoms. The Kier molecular flexibility index (Phi) is 5.13. The first-order chi connectivity index (χ1) is 14.1. The number of aromatic nitrogens is 3. The van der Waals surface area contributed by atoms with E-state index in [1.54, 1.807) is 42.3 Å². The van der Waals surface area contributed by atoms with Crippen molar-refractivity contribution in [1.82, 2.24) is 25.0 Å². The van der Waals surface area contributed by atoms with Crippen LogP contribution in [0.2, 0.25) is 0 Å². The number of fused-ring (bicyclic) bond motifs is 2. The molecule has 3 heterocycles. The third kappa shape index (κ3) is 3.52. The van der Waals surface area contributed by atoms with Crippen LogP contribution in [0.5, 0.6) is 0 Å². The minimum atomic E-state index is -0.408. The number of ether oxygens (including phenoxy) is 1. The van der Waals surface area contributed by atoms with Crippen molar-refractivity contribution < 1.29 is 14.3 Å². The van der Waals surface area contributed by atoms with Gasteiger partial charge in [-0.05, 0) is 18.2 Å². The first-order valence-electron chi connectivity index (χ1n) is 9.31. The van der Waals surface area contributed by atoms with Crippen molar-refractivity contribution in [2.24, 2.45) is 0 Å². The van der Waals surface area contributed by atoms with Gasteiger partial charge in [-0.15, -0.1) is 0 Å². The molecular weight excluding hydrogens is 374 g/mol. The molecule has 0 fully saturated rings. The van der Waals surface area contributed by atoms with Crippen LogP contribution in [-0.2, 0) is 11.3 Å². The number of H-pyrrole nitrogens is 1. The van der Waals surface area contributed by atoms with E-state index in [9.17, 15) is 14.4 Å². The Morgan fingerprint density at radius 2 is 2.03 bits per heavy atom. The number of rotatable bonds is 6. The zero-order valence-corrected chi connectivity index (χ0v) is 15.9. The molecule has 3 aromatic rings. The van der Waals surface area contributed by atoms with Gasteiger partial charge in [0.1, 0.15) is 5.69 Å². The maximum atomic E-state index is 12.8. The number of hydrogen-bond acceptors (Lipinski definition) is 5. The molecule has 150 valence electrons. The van der Waals surface area contributed by atoms with Gasteiger partial charge < -0.3 is 19.5 Å². The number of hydrogen-bond donors (Lipinski definition) is 2. The molecule has 0 bridgehead atoms. The molecule has 2 amide bonds. The minimum Gasteiger partial charge on any atom is -0.383 e. The lowest BCUT2D eigenvalue weighted by Crippen LogP contribution is -2.53. The van der Waals surface area contributed by atoms with Crippen molar-refractivity contribution in [3.05, 3.63) is 64.3 Å². The van der Waals surface area contributed by atoms with Crippen molar-refractivity contribution >= 4 is 22.6 Å². The van der Waals surface area contributed by atoms with E-state index in [4.69, 9.17) is 4.74 Å². The Morgan fingerprint density at radius 1 is 1.24 bits per heavy atom. The van der Waals surface area contributed by atoms with Gasteiger partial charge in [0.15, 0.2) is 5.69 Å². The summed E-state index contributed by atoms with van der Waals surface area (Å²) in [6.45, 7) is 1.66. The van der Waals surface area contributed by atoms with Crippen molar-refractivity contribution in [2.75, 3.05) is 26.8 Å². The van der Waals surface area contributed by atoms with Crippen LogP contribution in [0.15, 0.2) is 47.4 Å². The normalized spacial score (nSPS) is 16.1. The van der Waals surface area contributed by atoms with Gasteiger partial charge in [0.2, 0.25) is 0 Å². The molecule has 0 radical (unpaired) electrons. The number of nitrogens with one attached hydrogen (secondary N) is 2. The molecule has 1 atom stereocenters. The zero-order chi connectivity index (χ0) is 20.4. The van der Waals surface area contributed by atoms with Gasteiger partial charge in [-0.1, -0.05) is 18.2 Å². The highest BCUT2D eigenvalue weighted by molar-refractivity contribution is 6.04. The minimum absolute atomic E-state index is 0.0924. The summed E-state index contributed by atoms with van der Waals surface area (Å²) in [6.07, 6.45) is 1.85. The second kappa shape index (κ2) is 7.88. The molecule has 0 aliphatic carbocycles. The first-order valence-corrected chi connectivity index (χ1v) is 9.31. The summed E-state index contributed by atoms with van der Waals surface area (Å²) in [6, 6.07) is 10.2. The van der Waals surface area contributed by atoms with E-state index in [1.165, 1.54) is 0 Å². The number of methoxy groups -OCH3 is 1. The van der Waals surface area contributed by atoms with Crippen LogP contribution in [-0.4, -0.2) is 64.3 Å². The topological polar surface area (TPSA) is 109 Å². The smallest absolute Gasteiger partial charge is 0.272 e. The fraction of sp³-hybridized carbons (Fsp3) is 0.300. The SMILES string of the molecule is COCCN1C(=O)c2cccn2CC1CNC(=O)c1n[nH]c(=O)c2ccccc12.